The lowest BCUT2D eigenvalue weighted by Gasteiger charge is -2.26. The van der Waals surface area contributed by atoms with Crippen LogP contribution in [0.1, 0.15) is 21.8 Å². The first kappa shape index (κ1) is 17.9. The Bertz CT molecular complexity index is 1210. The Morgan fingerprint density at radius 3 is 2.83 bits per heavy atom. The van der Waals surface area contributed by atoms with E-state index in [1.807, 2.05) is 30.5 Å². The van der Waals surface area contributed by atoms with Crippen LogP contribution in [-0.2, 0) is 19.5 Å². The predicted octanol–water partition coefficient (Wildman–Crippen LogP) is 3.95. The van der Waals surface area contributed by atoms with Crippen molar-refractivity contribution in [2.45, 2.75) is 26.4 Å². The third-order valence-corrected chi connectivity index (χ3v) is 6.73. The number of carbonyl (C=O) groups is 1. The topological polar surface area (TPSA) is 77.0 Å². The van der Waals surface area contributed by atoms with Crippen molar-refractivity contribution in [3.8, 4) is 10.6 Å². The fourth-order valence-corrected chi connectivity index (χ4v) is 5.10. The van der Waals surface area contributed by atoms with Gasteiger partial charge in [-0.25, -0.2) is 14.8 Å². The van der Waals surface area contributed by atoms with Crippen molar-refractivity contribution >= 4 is 28.4 Å². The van der Waals surface area contributed by atoms with E-state index in [1.54, 1.807) is 16.2 Å². The normalized spacial score (nSPS) is 13.6. The van der Waals surface area contributed by atoms with E-state index in [0.717, 1.165) is 39.4 Å². The average Bonchev–Trinajstić information content (AvgIpc) is 3.27. The highest BCUT2D eigenvalue weighted by atomic mass is 32.1. The second-order valence-electron chi connectivity index (χ2n) is 7.29. The first-order valence-electron chi connectivity index (χ1n) is 9.63. The summed E-state index contributed by atoms with van der Waals surface area (Å²) in [5.74, 6) is 0. The first-order chi connectivity index (χ1) is 14.1. The molecule has 4 heterocycles. The Balaban J connectivity index is 1.59. The van der Waals surface area contributed by atoms with Crippen LogP contribution in [0.15, 0.2) is 48.7 Å². The minimum absolute atomic E-state index is 0.374. The Hall–Kier alpha value is -3.19. The van der Waals surface area contributed by atoms with Gasteiger partial charge in [0.25, 0.3) is 0 Å². The predicted molar refractivity (Wildman–Crippen MR) is 115 cm³/mol. The molecule has 0 saturated carbocycles. The molecule has 146 valence electrons. The van der Waals surface area contributed by atoms with Crippen LogP contribution in [0, 0.1) is 6.92 Å². The standard InChI is InChI=1S/C22H21N5OS/c1-14-19(29-21(25-14)15-6-3-2-4-7-15)13-27-18-12-26(22(23)28)11-9-16(18)17-8-5-10-24-20(17)27/h2-8,10H,9,11-13H2,1H3,(H2,23,28). The molecule has 4 aromatic rings. The van der Waals surface area contributed by atoms with E-state index < -0.39 is 0 Å². The van der Waals surface area contributed by atoms with E-state index in [9.17, 15) is 4.79 Å². The second-order valence-corrected chi connectivity index (χ2v) is 8.37. The van der Waals surface area contributed by atoms with Gasteiger partial charge in [0.15, 0.2) is 0 Å². The van der Waals surface area contributed by atoms with Crippen LogP contribution >= 0.6 is 11.3 Å². The van der Waals surface area contributed by atoms with E-state index in [4.69, 9.17) is 10.7 Å². The molecule has 1 aromatic carbocycles. The molecule has 2 N–H and O–H groups in total. The van der Waals surface area contributed by atoms with Gasteiger partial charge < -0.3 is 15.2 Å². The van der Waals surface area contributed by atoms with Crippen LogP contribution in [0.5, 0.6) is 0 Å². The third-order valence-electron chi connectivity index (χ3n) is 5.54. The van der Waals surface area contributed by atoms with Gasteiger partial charge in [0.1, 0.15) is 10.7 Å². The van der Waals surface area contributed by atoms with Crippen molar-refractivity contribution in [2.75, 3.05) is 6.54 Å². The van der Waals surface area contributed by atoms with Gasteiger partial charge in [-0.3, -0.25) is 0 Å². The van der Waals surface area contributed by atoms with Crippen LogP contribution < -0.4 is 5.73 Å². The quantitative estimate of drug-likeness (QED) is 0.563. The summed E-state index contributed by atoms with van der Waals surface area (Å²) >= 11 is 1.71. The molecule has 2 amide bonds. The number of aryl methyl sites for hydroxylation is 1. The van der Waals surface area contributed by atoms with Crippen LogP contribution in [0.2, 0.25) is 0 Å². The maximum absolute atomic E-state index is 11.8. The fourth-order valence-electron chi connectivity index (χ4n) is 4.04. The lowest BCUT2D eigenvalue weighted by molar-refractivity contribution is 0.200. The number of rotatable bonds is 3. The molecular weight excluding hydrogens is 382 g/mol. The number of nitrogens with zero attached hydrogens (tertiary/aromatic N) is 4. The maximum atomic E-state index is 11.8. The van der Waals surface area contributed by atoms with E-state index >= 15 is 0 Å². The summed E-state index contributed by atoms with van der Waals surface area (Å²) in [4.78, 5) is 24.1. The number of pyridine rings is 1. The maximum Gasteiger partial charge on any atom is 0.315 e. The third kappa shape index (κ3) is 3.07. The van der Waals surface area contributed by atoms with Gasteiger partial charge in [-0.1, -0.05) is 30.3 Å². The van der Waals surface area contributed by atoms with E-state index in [0.29, 0.717) is 19.6 Å². The monoisotopic (exact) mass is 403 g/mol. The molecule has 1 aliphatic rings. The Kier molecular flexibility index (Phi) is 4.32. The molecule has 5 rings (SSSR count). The lowest BCUT2D eigenvalue weighted by Crippen LogP contribution is -2.40. The largest absolute Gasteiger partial charge is 0.351 e. The molecule has 0 aliphatic carbocycles. The Morgan fingerprint density at radius 1 is 1.21 bits per heavy atom. The van der Waals surface area contributed by atoms with Crippen molar-refractivity contribution in [1.29, 1.82) is 0 Å². The highest BCUT2D eigenvalue weighted by Gasteiger charge is 2.26. The van der Waals surface area contributed by atoms with Gasteiger partial charge in [-0.05, 0) is 31.0 Å². The minimum atomic E-state index is -0.374. The molecule has 1 aliphatic heterocycles. The highest BCUT2D eigenvalue weighted by Crippen LogP contribution is 2.33. The number of aromatic nitrogens is 3. The number of urea groups is 1. The SMILES string of the molecule is Cc1nc(-c2ccccc2)sc1Cn1c2c(c3cccnc31)CCN(C(N)=O)C2. The fraction of sp³-hybridized carbons (Fsp3) is 0.227. The van der Waals surface area contributed by atoms with Gasteiger partial charge in [-0.2, -0.15) is 0 Å². The van der Waals surface area contributed by atoms with Gasteiger partial charge in [0, 0.05) is 34.3 Å². The molecular formula is C22H21N5OS. The van der Waals surface area contributed by atoms with Crippen LogP contribution in [0.4, 0.5) is 4.79 Å². The Morgan fingerprint density at radius 2 is 2.03 bits per heavy atom. The van der Waals surface area contributed by atoms with E-state index in [1.165, 1.54) is 10.4 Å². The highest BCUT2D eigenvalue weighted by molar-refractivity contribution is 7.15. The van der Waals surface area contributed by atoms with Crippen LogP contribution in [0.25, 0.3) is 21.6 Å². The van der Waals surface area contributed by atoms with Gasteiger partial charge >= 0.3 is 6.03 Å². The lowest BCUT2D eigenvalue weighted by atomic mass is 10.0. The molecule has 0 saturated heterocycles. The number of carbonyl (C=O) groups excluding carboxylic acids is 1. The smallest absolute Gasteiger partial charge is 0.315 e. The van der Waals surface area contributed by atoms with Gasteiger partial charge in [0.2, 0.25) is 0 Å². The number of hydrogen-bond acceptors (Lipinski definition) is 4. The molecule has 0 radical (unpaired) electrons. The average molecular weight is 404 g/mol. The van der Waals surface area contributed by atoms with Gasteiger partial charge in [0.05, 0.1) is 18.8 Å². The summed E-state index contributed by atoms with van der Waals surface area (Å²) in [7, 11) is 0. The number of nitrogens with two attached hydrogens (primary N) is 1. The number of benzene rings is 1. The van der Waals surface area contributed by atoms with Crippen LogP contribution in [0.3, 0.4) is 0 Å². The summed E-state index contributed by atoms with van der Waals surface area (Å²) in [6.07, 6.45) is 2.62. The second kappa shape index (κ2) is 7.00. The molecule has 0 atom stereocenters. The number of primary amides is 1. The molecule has 0 unspecified atom stereocenters. The molecule has 29 heavy (non-hydrogen) atoms. The zero-order valence-corrected chi connectivity index (χ0v) is 16.9. The summed E-state index contributed by atoms with van der Waals surface area (Å²) in [6.45, 7) is 3.91. The van der Waals surface area contributed by atoms with E-state index in [2.05, 4.69) is 34.7 Å². The van der Waals surface area contributed by atoms with Crippen molar-refractivity contribution in [2.24, 2.45) is 5.73 Å². The molecule has 6 nitrogen and oxygen atoms in total. The Labute approximate surface area is 172 Å². The van der Waals surface area contributed by atoms with Crippen molar-refractivity contribution in [1.82, 2.24) is 19.4 Å². The van der Waals surface area contributed by atoms with Crippen molar-refractivity contribution in [3.63, 3.8) is 0 Å². The molecule has 7 heteroatoms. The minimum Gasteiger partial charge on any atom is -0.351 e. The first-order valence-corrected chi connectivity index (χ1v) is 10.4. The summed E-state index contributed by atoms with van der Waals surface area (Å²) < 4.78 is 2.23. The molecule has 3 aromatic heterocycles. The summed E-state index contributed by atoms with van der Waals surface area (Å²) in [6, 6.07) is 14.0. The number of hydrogen-bond donors (Lipinski definition) is 1. The zero-order valence-electron chi connectivity index (χ0n) is 16.1. The number of amides is 2. The zero-order chi connectivity index (χ0) is 20.0. The van der Waals surface area contributed by atoms with Crippen molar-refractivity contribution in [3.05, 3.63) is 70.5 Å². The molecule has 0 spiro atoms. The molecule has 0 fully saturated rings. The number of thiazole rings is 1. The van der Waals surface area contributed by atoms with Gasteiger partial charge in [-0.15, -0.1) is 11.3 Å². The summed E-state index contributed by atoms with van der Waals surface area (Å²) in [5.41, 5.74) is 11.1. The number of fused-ring (bicyclic) bond motifs is 3. The van der Waals surface area contributed by atoms with E-state index in [-0.39, 0.29) is 6.03 Å². The molecule has 0 bridgehead atoms. The summed E-state index contributed by atoms with van der Waals surface area (Å²) in [5, 5.41) is 2.19. The van der Waals surface area contributed by atoms with Crippen LogP contribution in [-0.4, -0.2) is 32.0 Å². The van der Waals surface area contributed by atoms with Crippen molar-refractivity contribution < 1.29 is 4.79 Å².